The Morgan fingerprint density at radius 2 is 1.92 bits per heavy atom. The fourth-order valence-electron chi connectivity index (χ4n) is 2.10. The van der Waals surface area contributed by atoms with Crippen molar-refractivity contribution in [3.8, 4) is 0 Å². The first-order valence-electron chi connectivity index (χ1n) is 8.43. The van der Waals surface area contributed by atoms with Crippen molar-refractivity contribution in [2.75, 3.05) is 20.2 Å². The van der Waals surface area contributed by atoms with Crippen molar-refractivity contribution in [3.63, 3.8) is 0 Å². The molecule has 5 nitrogen and oxygen atoms in total. The van der Waals surface area contributed by atoms with Gasteiger partial charge in [-0.3, -0.25) is 4.79 Å². The Bertz CT molecular complexity index is 446. The molecule has 0 bridgehead atoms. The molecule has 1 saturated heterocycles. The van der Waals surface area contributed by atoms with Crippen LogP contribution in [0.25, 0.3) is 0 Å². The van der Waals surface area contributed by atoms with Gasteiger partial charge in [0, 0.05) is 13.7 Å². The first-order chi connectivity index (χ1) is 11.5. The van der Waals surface area contributed by atoms with Gasteiger partial charge in [-0.2, -0.15) is 0 Å². The Kier molecular flexibility index (Phi) is 12.7. The maximum atomic E-state index is 11.0. The van der Waals surface area contributed by atoms with Crippen LogP contribution in [0.1, 0.15) is 39.2 Å². The Morgan fingerprint density at radius 1 is 1.33 bits per heavy atom. The number of aldehydes is 1. The summed E-state index contributed by atoms with van der Waals surface area (Å²) < 4.78 is 4.93. The predicted octanol–water partition coefficient (Wildman–Crippen LogP) is 2.63. The lowest BCUT2D eigenvalue weighted by Gasteiger charge is -2.18. The van der Waals surface area contributed by atoms with Gasteiger partial charge >= 0.3 is 0 Å². The first-order valence-corrected chi connectivity index (χ1v) is 8.43. The van der Waals surface area contributed by atoms with E-state index in [0.29, 0.717) is 13.2 Å². The number of nitrogens with two attached hydrogens (primary N) is 1. The molecule has 1 aromatic carbocycles. The molecule has 0 radical (unpaired) electrons. The molecular weight excluding hydrogens is 304 g/mol. The van der Waals surface area contributed by atoms with E-state index in [1.807, 2.05) is 30.3 Å². The molecule has 1 unspecified atom stereocenters. The quantitative estimate of drug-likeness (QED) is 0.858. The molecule has 0 spiro atoms. The summed E-state index contributed by atoms with van der Waals surface area (Å²) in [6, 6.07) is 9.89. The molecule has 1 fully saturated rings. The Morgan fingerprint density at radius 3 is 2.38 bits per heavy atom. The van der Waals surface area contributed by atoms with E-state index in [1.165, 1.54) is 5.56 Å². The second kappa shape index (κ2) is 13.7. The maximum absolute atomic E-state index is 11.0. The summed E-state index contributed by atoms with van der Waals surface area (Å²) >= 11 is 0. The number of carbonyl (C=O) groups excluding carboxylic acids is 2. The smallest absolute Gasteiger partial charge is 0.236 e. The Hall–Kier alpha value is -1.72. The van der Waals surface area contributed by atoms with Crippen molar-refractivity contribution < 1.29 is 14.3 Å². The van der Waals surface area contributed by atoms with Crippen molar-refractivity contribution in [1.29, 1.82) is 0 Å². The lowest BCUT2D eigenvalue weighted by molar-refractivity contribution is -0.133. The van der Waals surface area contributed by atoms with Gasteiger partial charge in [0.2, 0.25) is 5.91 Å². The Labute approximate surface area is 146 Å². The molecule has 0 aromatic heterocycles. The highest BCUT2D eigenvalue weighted by Crippen LogP contribution is 2.14. The molecule has 1 aromatic rings. The monoisotopic (exact) mass is 336 g/mol. The molecule has 1 aliphatic heterocycles. The van der Waals surface area contributed by atoms with Crippen molar-refractivity contribution in [3.05, 3.63) is 35.9 Å². The molecule has 5 heteroatoms. The topological polar surface area (TPSA) is 72.6 Å². The number of amides is 1. The van der Waals surface area contributed by atoms with Gasteiger partial charge in [-0.25, -0.2) is 0 Å². The van der Waals surface area contributed by atoms with E-state index in [4.69, 9.17) is 10.5 Å². The number of carbonyl (C=O) groups is 2. The largest absolute Gasteiger partial charge is 0.380 e. The summed E-state index contributed by atoms with van der Waals surface area (Å²) in [7, 11) is 1.70. The number of likely N-dealkylation sites (tertiary alicyclic amines) is 1. The van der Waals surface area contributed by atoms with E-state index in [2.05, 4.69) is 20.8 Å². The van der Waals surface area contributed by atoms with E-state index in [-0.39, 0.29) is 18.5 Å². The lowest BCUT2D eigenvalue weighted by Crippen LogP contribution is -2.40. The van der Waals surface area contributed by atoms with Crippen LogP contribution in [0.2, 0.25) is 0 Å². The third-order valence-corrected chi connectivity index (χ3v) is 3.11. The molecule has 2 N–H and O–H groups in total. The van der Waals surface area contributed by atoms with Crippen LogP contribution in [0.3, 0.4) is 0 Å². The van der Waals surface area contributed by atoms with Gasteiger partial charge in [0.15, 0.2) is 0 Å². The highest BCUT2D eigenvalue weighted by molar-refractivity contribution is 5.81. The van der Waals surface area contributed by atoms with Crippen LogP contribution in [-0.4, -0.2) is 43.3 Å². The van der Waals surface area contributed by atoms with E-state index >= 15 is 0 Å². The fraction of sp³-hybridized carbons (Fsp3) is 0.579. The normalized spacial score (nSPS) is 15.9. The molecule has 2 rings (SSSR count). The second-order valence-electron chi connectivity index (χ2n) is 6.29. The number of hydrogen-bond donors (Lipinski definition) is 1. The SMILES string of the molecule is CC(C)C.COCc1ccccc1.NCC(=O)N1CCCC1C=O. The standard InChI is InChI=1S/C8H10O.C7H12N2O2.C4H10/c1-9-7-8-5-3-2-4-6-8;8-4-7(11)9-3-1-2-6(9)5-10;1-4(2)3/h2-6H,7H2,1H3;5-6H,1-4,8H2;4H,1-3H3. The second-order valence-corrected chi connectivity index (χ2v) is 6.29. The van der Waals surface area contributed by atoms with Crippen molar-refractivity contribution in [1.82, 2.24) is 4.90 Å². The summed E-state index contributed by atoms with van der Waals surface area (Å²) in [5, 5.41) is 0. The molecule has 136 valence electrons. The van der Waals surface area contributed by atoms with Crippen molar-refractivity contribution >= 4 is 12.2 Å². The molecule has 0 aliphatic carbocycles. The van der Waals surface area contributed by atoms with Gasteiger partial charge in [-0.05, 0) is 24.3 Å². The van der Waals surface area contributed by atoms with Crippen LogP contribution in [0.5, 0.6) is 0 Å². The van der Waals surface area contributed by atoms with Crippen LogP contribution < -0.4 is 5.73 Å². The zero-order valence-corrected chi connectivity index (χ0v) is 15.4. The average molecular weight is 336 g/mol. The number of hydrogen-bond acceptors (Lipinski definition) is 4. The summed E-state index contributed by atoms with van der Waals surface area (Å²) in [5.74, 6) is 0.708. The number of rotatable bonds is 4. The van der Waals surface area contributed by atoms with Crippen LogP contribution >= 0.6 is 0 Å². The van der Waals surface area contributed by atoms with Gasteiger partial charge in [-0.15, -0.1) is 0 Å². The van der Waals surface area contributed by atoms with E-state index in [0.717, 1.165) is 25.0 Å². The average Bonchev–Trinajstić information content (AvgIpc) is 3.04. The van der Waals surface area contributed by atoms with Gasteiger partial charge in [0.05, 0.1) is 19.2 Å². The molecule has 1 amide bonds. The van der Waals surface area contributed by atoms with E-state index in [9.17, 15) is 9.59 Å². The molecule has 24 heavy (non-hydrogen) atoms. The molecular formula is C19H32N2O3. The number of benzene rings is 1. The maximum Gasteiger partial charge on any atom is 0.236 e. The van der Waals surface area contributed by atoms with Crippen LogP contribution in [0, 0.1) is 5.92 Å². The van der Waals surface area contributed by atoms with Crippen LogP contribution in [-0.2, 0) is 20.9 Å². The number of nitrogens with zero attached hydrogens (tertiary/aromatic N) is 1. The minimum atomic E-state index is -0.217. The summed E-state index contributed by atoms with van der Waals surface area (Å²) in [5.41, 5.74) is 6.38. The Balaban J connectivity index is 0.000000367. The van der Waals surface area contributed by atoms with E-state index < -0.39 is 0 Å². The highest BCUT2D eigenvalue weighted by atomic mass is 16.5. The summed E-state index contributed by atoms with van der Waals surface area (Å²) in [4.78, 5) is 23.0. The first kappa shape index (κ1) is 22.3. The van der Waals surface area contributed by atoms with Crippen molar-refractivity contribution in [2.45, 2.75) is 46.3 Å². The number of ether oxygens (including phenoxy) is 1. The molecule has 1 aliphatic rings. The van der Waals surface area contributed by atoms with E-state index in [1.54, 1.807) is 12.0 Å². The molecule has 0 saturated carbocycles. The van der Waals surface area contributed by atoms with Gasteiger partial charge in [0.1, 0.15) is 6.29 Å². The van der Waals surface area contributed by atoms with Crippen LogP contribution in [0.4, 0.5) is 0 Å². The summed E-state index contributed by atoms with van der Waals surface area (Å²) in [6.45, 7) is 7.89. The van der Waals surface area contributed by atoms with Crippen LogP contribution in [0.15, 0.2) is 30.3 Å². The van der Waals surface area contributed by atoms with Gasteiger partial charge in [-0.1, -0.05) is 51.1 Å². The summed E-state index contributed by atoms with van der Waals surface area (Å²) in [6.07, 6.45) is 2.52. The zero-order valence-electron chi connectivity index (χ0n) is 15.4. The minimum Gasteiger partial charge on any atom is -0.380 e. The van der Waals surface area contributed by atoms with Gasteiger partial charge < -0.3 is 20.2 Å². The minimum absolute atomic E-state index is 0.00431. The fourth-order valence-corrected chi connectivity index (χ4v) is 2.10. The number of methoxy groups -OCH3 is 1. The molecule has 1 atom stereocenters. The molecule has 1 heterocycles. The highest BCUT2D eigenvalue weighted by Gasteiger charge is 2.26. The predicted molar refractivity (Wildman–Crippen MR) is 97.5 cm³/mol. The van der Waals surface area contributed by atoms with Crippen molar-refractivity contribution in [2.24, 2.45) is 11.7 Å². The zero-order chi connectivity index (χ0) is 18.4. The third kappa shape index (κ3) is 10.1. The van der Waals surface area contributed by atoms with Gasteiger partial charge in [0.25, 0.3) is 0 Å². The lowest BCUT2D eigenvalue weighted by atomic mass is 10.2. The third-order valence-electron chi connectivity index (χ3n) is 3.11.